The van der Waals surface area contributed by atoms with Gasteiger partial charge in [-0.3, -0.25) is 14.7 Å². The van der Waals surface area contributed by atoms with Crippen LogP contribution in [0.3, 0.4) is 0 Å². The molecule has 0 saturated heterocycles. The summed E-state index contributed by atoms with van der Waals surface area (Å²) < 4.78 is 1.84. The second-order valence-electron chi connectivity index (χ2n) is 8.55. The van der Waals surface area contributed by atoms with Crippen LogP contribution in [0.2, 0.25) is 0 Å². The molecule has 31 heavy (non-hydrogen) atoms. The smallest absolute Gasteiger partial charge is 0.256 e. The fourth-order valence-electron chi connectivity index (χ4n) is 4.64. The largest absolute Gasteiger partial charge is 0.508 e. The van der Waals surface area contributed by atoms with Gasteiger partial charge in [-0.05, 0) is 38.3 Å². The van der Waals surface area contributed by atoms with Gasteiger partial charge in [0.1, 0.15) is 17.1 Å². The minimum absolute atomic E-state index is 0.176. The number of hydrogen-bond donors (Lipinski definition) is 1. The summed E-state index contributed by atoms with van der Waals surface area (Å²) in [6, 6.07) is 6.96. The highest BCUT2D eigenvalue weighted by molar-refractivity contribution is 7.17. The number of aromatic hydroxyl groups is 1. The van der Waals surface area contributed by atoms with Gasteiger partial charge in [0.25, 0.3) is 5.91 Å². The number of phenols is 1. The van der Waals surface area contributed by atoms with E-state index in [2.05, 4.69) is 17.0 Å². The van der Waals surface area contributed by atoms with Crippen molar-refractivity contribution in [3.8, 4) is 17.1 Å². The van der Waals surface area contributed by atoms with Crippen molar-refractivity contribution in [2.75, 3.05) is 0 Å². The van der Waals surface area contributed by atoms with Crippen LogP contribution >= 0.6 is 11.3 Å². The second kappa shape index (κ2) is 7.75. The first kappa shape index (κ1) is 20.2. The number of aromatic nitrogens is 3. The first-order valence-electron chi connectivity index (χ1n) is 11.1. The quantitative estimate of drug-likeness (QED) is 0.605. The van der Waals surface area contributed by atoms with Gasteiger partial charge >= 0.3 is 0 Å². The number of aryl methyl sites for hydroxylation is 1. The van der Waals surface area contributed by atoms with Gasteiger partial charge in [-0.15, -0.1) is 5.10 Å². The van der Waals surface area contributed by atoms with Crippen LogP contribution in [-0.2, 0) is 11.3 Å². The number of amides is 1. The zero-order valence-electron chi connectivity index (χ0n) is 18.0. The monoisotopic (exact) mass is 437 g/mol. The number of rotatable bonds is 6. The third kappa shape index (κ3) is 3.43. The molecule has 2 aromatic heterocycles. The minimum atomic E-state index is -0.505. The van der Waals surface area contributed by atoms with E-state index in [-0.39, 0.29) is 11.7 Å². The maximum Gasteiger partial charge on any atom is 0.256 e. The number of nitrogens with zero attached hydrogens (tertiary/aromatic N) is 5. The Morgan fingerprint density at radius 1 is 1.26 bits per heavy atom. The topological polar surface area (TPSA) is 83.1 Å². The maximum atomic E-state index is 13.4. The molecule has 3 aromatic rings. The molecular formula is C23H27N5O2S. The van der Waals surface area contributed by atoms with Crippen molar-refractivity contribution in [2.45, 2.75) is 70.9 Å². The molecule has 1 N–H and O–H groups in total. The highest BCUT2D eigenvalue weighted by Gasteiger charge is 2.49. The molecule has 7 nitrogen and oxygen atoms in total. The zero-order valence-corrected chi connectivity index (χ0v) is 18.8. The van der Waals surface area contributed by atoms with E-state index < -0.39 is 5.54 Å². The molecule has 5 rings (SSSR count). The third-order valence-corrected chi connectivity index (χ3v) is 7.52. The molecule has 0 bridgehead atoms. The molecule has 1 saturated carbocycles. The van der Waals surface area contributed by atoms with E-state index in [4.69, 9.17) is 4.99 Å². The SMILES string of the molecule is CCCCC1=NC2(CCCC2)C(=O)N1Cc1sc2nc(-c3cccc(O)c3)nn2c1C. The van der Waals surface area contributed by atoms with Crippen LogP contribution in [0.4, 0.5) is 0 Å². The number of benzene rings is 1. The molecular weight excluding hydrogens is 410 g/mol. The van der Waals surface area contributed by atoms with Crippen molar-refractivity contribution in [1.82, 2.24) is 19.5 Å². The minimum Gasteiger partial charge on any atom is -0.508 e. The lowest BCUT2D eigenvalue weighted by atomic mass is 9.98. The molecule has 1 spiro atoms. The summed E-state index contributed by atoms with van der Waals surface area (Å²) in [7, 11) is 0. The van der Waals surface area contributed by atoms with Crippen LogP contribution in [0, 0.1) is 6.92 Å². The summed E-state index contributed by atoms with van der Waals surface area (Å²) in [5, 5.41) is 14.4. The predicted molar refractivity (Wildman–Crippen MR) is 121 cm³/mol. The van der Waals surface area contributed by atoms with Crippen molar-refractivity contribution in [3.05, 3.63) is 34.8 Å². The summed E-state index contributed by atoms with van der Waals surface area (Å²) in [5.41, 5.74) is 1.27. The lowest BCUT2D eigenvalue weighted by Gasteiger charge is -2.22. The molecule has 8 heteroatoms. The molecule has 2 aliphatic rings. The van der Waals surface area contributed by atoms with Crippen LogP contribution in [0.15, 0.2) is 29.3 Å². The van der Waals surface area contributed by atoms with Crippen LogP contribution in [-0.4, -0.2) is 41.9 Å². The van der Waals surface area contributed by atoms with Gasteiger partial charge in [-0.25, -0.2) is 4.52 Å². The third-order valence-electron chi connectivity index (χ3n) is 6.40. The number of amidine groups is 1. The van der Waals surface area contributed by atoms with Crippen molar-refractivity contribution in [2.24, 2.45) is 4.99 Å². The molecule has 1 aliphatic carbocycles. The maximum absolute atomic E-state index is 13.4. The lowest BCUT2D eigenvalue weighted by Crippen LogP contribution is -2.40. The fraction of sp³-hybridized carbons (Fsp3) is 0.478. The van der Waals surface area contributed by atoms with E-state index >= 15 is 0 Å². The predicted octanol–water partition coefficient (Wildman–Crippen LogP) is 4.72. The number of carbonyl (C=O) groups is 1. The highest BCUT2D eigenvalue weighted by atomic mass is 32.1. The number of thiazole rings is 1. The van der Waals surface area contributed by atoms with Gasteiger partial charge in [-0.2, -0.15) is 4.98 Å². The van der Waals surface area contributed by atoms with E-state index in [1.54, 1.807) is 29.5 Å². The number of fused-ring (bicyclic) bond motifs is 1. The van der Waals surface area contributed by atoms with Crippen molar-refractivity contribution >= 4 is 28.0 Å². The zero-order chi connectivity index (χ0) is 21.6. The Hall–Kier alpha value is -2.74. The lowest BCUT2D eigenvalue weighted by molar-refractivity contribution is -0.131. The van der Waals surface area contributed by atoms with Gasteiger partial charge in [0.05, 0.1) is 12.2 Å². The van der Waals surface area contributed by atoms with Gasteiger partial charge in [0, 0.05) is 16.9 Å². The normalized spacial score (nSPS) is 17.9. The standard InChI is InChI=1S/C23H27N5O2S/c1-3-4-10-19-25-23(11-5-6-12-23)21(30)27(19)14-18-15(2)28-22(31-18)24-20(26-28)16-8-7-9-17(29)13-16/h7-9,13,29H,3-6,10-12,14H2,1-2H3. The molecule has 0 unspecified atom stereocenters. The summed E-state index contributed by atoms with van der Waals surface area (Å²) in [6.45, 7) is 4.72. The Morgan fingerprint density at radius 3 is 2.77 bits per heavy atom. The Bertz CT molecular complexity index is 1170. The summed E-state index contributed by atoms with van der Waals surface area (Å²) in [6.07, 6.45) is 6.89. The number of phenolic OH excluding ortho intramolecular Hbond substituents is 1. The van der Waals surface area contributed by atoms with Crippen molar-refractivity contribution in [1.29, 1.82) is 0 Å². The van der Waals surface area contributed by atoms with Crippen LogP contribution < -0.4 is 0 Å². The Balaban J connectivity index is 1.44. The van der Waals surface area contributed by atoms with E-state index in [1.807, 2.05) is 22.4 Å². The average molecular weight is 438 g/mol. The fourth-order valence-corrected chi connectivity index (χ4v) is 5.68. The first-order chi connectivity index (χ1) is 15.0. The molecule has 1 aromatic carbocycles. The summed E-state index contributed by atoms with van der Waals surface area (Å²) in [5.74, 6) is 1.91. The Morgan fingerprint density at radius 2 is 2.06 bits per heavy atom. The number of aliphatic imine (C=N–C) groups is 1. The van der Waals surface area contributed by atoms with Gasteiger partial charge in [-0.1, -0.05) is 49.7 Å². The van der Waals surface area contributed by atoms with Gasteiger partial charge in [0.15, 0.2) is 5.82 Å². The van der Waals surface area contributed by atoms with Crippen molar-refractivity contribution < 1.29 is 9.90 Å². The van der Waals surface area contributed by atoms with Gasteiger partial charge < -0.3 is 5.11 Å². The molecule has 0 radical (unpaired) electrons. The molecule has 1 amide bonds. The van der Waals surface area contributed by atoms with E-state index in [9.17, 15) is 9.90 Å². The molecule has 1 aliphatic heterocycles. The molecule has 3 heterocycles. The Kier molecular flexibility index (Phi) is 5.04. The summed E-state index contributed by atoms with van der Waals surface area (Å²) in [4.78, 5) is 26.9. The van der Waals surface area contributed by atoms with Crippen LogP contribution in [0.1, 0.15) is 62.4 Å². The summed E-state index contributed by atoms with van der Waals surface area (Å²) >= 11 is 1.57. The molecule has 1 fully saturated rings. The highest BCUT2D eigenvalue weighted by Crippen LogP contribution is 2.40. The average Bonchev–Trinajstić information content (AvgIpc) is 3.51. The van der Waals surface area contributed by atoms with Crippen LogP contribution in [0.25, 0.3) is 16.3 Å². The Labute approximate surface area is 185 Å². The number of hydrogen-bond acceptors (Lipinski definition) is 6. The first-order valence-corrected chi connectivity index (χ1v) is 11.9. The van der Waals surface area contributed by atoms with Crippen LogP contribution in [0.5, 0.6) is 5.75 Å². The van der Waals surface area contributed by atoms with Gasteiger partial charge in [0.2, 0.25) is 4.96 Å². The van der Waals surface area contributed by atoms with Crippen molar-refractivity contribution in [3.63, 3.8) is 0 Å². The molecule has 0 atom stereocenters. The number of carbonyl (C=O) groups excluding carboxylic acids is 1. The molecule has 162 valence electrons. The van der Waals surface area contributed by atoms with E-state index in [1.165, 1.54) is 0 Å². The van der Waals surface area contributed by atoms with E-state index in [0.717, 1.165) is 71.9 Å². The number of unbranched alkanes of at least 4 members (excludes halogenated alkanes) is 1. The second-order valence-corrected chi connectivity index (χ2v) is 9.61. The van der Waals surface area contributed by atoms with E-state index in [0.29, 0.717) is 12.4 Å².